The van der Waals surface area contributed by atoms with Crippen LogP contribution in [0.25, 0.3) is 0 Å². The van der Waals surface area contributed by atoms with Crippen LogP contribution in [-0.4, -0.2) is 40.6 Å². The Morgan fingerprint density at radius 2 is 2.25 bits per heavy atom. The molecule has 1 aromatic heterocycles. The van der Waals surface area contributed by atoms with Gasteiger partial charge in [-0.05, 0) is 37.3 Å². The molecule has 0 unspecified atom stereocenters. The average molecular weight is 278 g/mol. The third-order valence-electron chi connectivity index (χ3n) is 3.73. The number of amides is 1. The number of hydrazine groups is 1. The summed E-state index contributed by atoms with van der Waals surface area (Å²) in [4.78, 5) is 18.4. The van der Waals surface area contributed by atoms with E-state index in [4.69, 9.17) is 5.84 Å². The lowest BCUT2D eigenvalue weighted by atomic mass is 9.82. The molecule has 6 nitrogen and oxygen atoms in total. The molecule has 1 aliphatic carbocycles. The second-order valence-electron chi connectivity index (χ2n) is 5.41. The molecule has 0 atom stereocenters. The van der Waals surface area contributed by atoms with E-state index < -0.39 is 0 Å². The van der Waals surface area contributed by atoms with Gasteiger partial charge in [0.25, 0.3) is 5.91 Å². The number of anilines is 1. The fourth-order valence-electron chi connectivity index (χ4n) is 2.51. The number of carbonyl (C=O) groups excluding carboxylic acids is 1. The molecule has 1 aromatic rings. The van der Waals surface area contributed by atoms with Gasteiger partial charge in [0.2, 0.25) is 0 Å². The quantitative estimate of drug-likeness (QED) is 0.546. The van der Waals surface area contributed by atoms with Crippen molar-refractivity contribution in [1.82, 2.24) is 9.88 Å². The summed E-state index contributed by atoms with van der Waals surface area (Å²) in [5.41, 5.74) is 3.91. The van der Waals surface area contributed by atoms with Gasteiger partial charge in [0, 0.05) is 24.8 Å². The lowest BCUT2D eigenvalue weighted by Gasteiger charge is -2.34. The monoisotopic (exact) mass is 278 g/mol. The molecular formula is C14H22N4O2. The molecule has 1 aliphatic rings. The molecule has 0 spiro atoms. The molecular weight excluding hydrogens is 256 g/mol. The number of aryl methyl sites for hydroxylation is 1. The van der Waals surface area contributed by atoms with Gasteiger partial charge in [0.15, 0.2) is 0 Å². The summed E-state index contributed by atoms with van der Waals surface area (Å²) >= 11 is 0. The van der Waals surface area contributed by atoms with Gasteiger partial charge in [0.1, 0.15) is 5.82 Å². The van der Waals surface area contributed by atoms with Crippen molar-refractivity contribution in [3.63, 3.8) is 0 Å². The number of nitrogens with zero attached hydrogens (tertiary/aromatic N) is 2. The maximum absolute atomic E-state index is 12.4. The standard InChI is InChI=1S/C14H22N4O2/c1-3-11-6-10(7-13(16-11)17-15)14(20)18(2)8-9-4-12(19)5-9/h6-7,9,12,19H,3-5,8,15H2,1-2H3,(H,16,17). The smallest absolute Gasteiger partial charge is 0.253 e. The van der Waals surface area contributed by atoms with Crippen LogP contribution in [0.5, 0.6) is 0 Å². The second kappa shape index (κ2) is 6.19. The van der Waals surface area contributed by atoms with E-state index in [1.165, 1.54) is 0 Å². The number of carbonyl (C=O) groups is 1. The molecule has 2 rings (SSSR count). The molecule has 0 aromatic carbocycles. The van der Waals surface area contributed by atoms with Crippen LogP contribution in [0.3, 0.4) is 0 Å². The van der Waals surface area contributed by atoms with Crippen molar-refractivity contribution in [2.75, 3.05) is 19.0 Å². The first-order chi connectivity index (χ1) is 9.53. The van der Waals surface area contributed by atoms with Crippen molar-refractivity contribution in [3.8, 4) is 0 Å². The number of pyridine rings is 1. The minimum Gasteiger partial charge on any atom is -0.393 e. The average Bonchev–Trinajstić information content (AvgIpc) is 2.43. The minimum absolute atomic E-state index is 0.0417. The molecule has 20 heavy (non-hydrogen) atoms. The number of nitrogen functional groups attached to an aromatic ring is 1. The highest BCUT2D eigenvalue weighted by molar-refractivity contribution is 5.94. The number of nitrogens with one attached hydrogen (secondary N) is 1. The third kappa shape index (κ3) is 3.26. The first-order valence-corrected chi connectivity index (χ1v) is 6.94. The van der Waals surface area contributed by atoms with Gasteiger partial charge in [-0.15, -0.1) is 0 Å². The van der Waals surface area contributed by atoms with Crippen LogP contribution in [0, 0.1) is 5.92 Å². The topological polar surface area (TPSA) is 91.5 Å². The van der Waals surface area contributed by atoms with Gasteiger partial charge >= 0.3 is 0 Å². The van der Waals surface area contributed by atoms with Crippen LogP contribution in [0.2, 0.25) is 0 Å². The number of nitrogens with two attached hydrogens (primary N) is 1. The van der Waals surface area contributed by atoms with Crippen molar-refractivity contribution in [2.45, 2.75) is 32.3 Å². The predicted octanol–water partition coefficient (Wildman–Crippen LogP) is 0.772. The van der Waals surface area contributed by atoms with Crippen molar-refractivity contribution in [1.29, 1.82) is 0 Å². The van der Waals surface area contributed by atoms with E-state index in [0.29, 0.717) is 23.8 Å². The van der Waals surface area contributed by atoms with Crippen LogP contribution in [-0.2, 0) is 6.42 Å². The first kappa shape index (κ1) is 14.7. The normalized spacial score (nSPS) is 21.2. The molecule has 0 aliphatic heterocycles. The second-order valence-corrected chi connectivity index (χ2v) is 5.41. The fourth-order valence-corrected chi connectivity index (χ4v) is 2.51. The van der Waals surface area contributed by atoms with Crippen molar-refractivity contribution in [2.24, 2.45) is 11.8 Å². The summed E-state index contributed by atoms with van der Waals surface area (Å²) in [6, 6.07) is 3.46. The van der Waals surface area contributed by atoms with Gasteiger partial charge in [-0.1, -0.05) is 6.92 Å². The molecule has 4 N–H and O–H groups in total. The summed E-state index contributed by atoms with van der Waals surface area (Å²) in [7, 11) is 1.79. The molecule has 0 radical (unpaired) electrons. The van der Waals surface area contributed by atoms with Crippen LogP contribution < -0.4 is 11.3 Å². The van der Waals surface area contributed by atoms with Crippen molar-refractivity contribution in [3.05, 3.63) is 23.4 Å². The Morgan fingerprint density at radius 3 is 2.80 bits per heavy atom. The lowest BCUT2D eigenvalue weighted by molar-refractivity contribution is 0.0265. The predicted molar refractivity (Wildman–Crippen MR) is 77.1 cm³/mol. The maximum atomic E-state index is 12.4. The largest absolute Gasteiger partial charge is 0.393 e. The number of aliphatic hydroxyl groups excluding tert-OH is 1. The van der Waals surface area contributed by atoms with E-state index in [1.54, 1.807) is 24.1 Å². The van der Waals surface area contributed by atoms with Crippen LogP contribution >= 0.6 is 0 Å². The van der Waals surface area contributed by atoms with Crippen LogP contribution in [0.1, 0.15) is 35.8 Å². The van der Waals surface area contributed by atoms with Crippen molar-refractivity contribution < 1.29 is 9.90 Å². The van der Waals surface area contributed by atoms with Gasteiger partial charge < -0.3 is 15.4 Å². The zero-order valence-corrected chi connectivity index (χ0v) is 12.0. The summed E-state index contributed by atoms with van der Waals surface area (Å²) in [5, 5.41) is 9.29. The van der Waals surface area contributed by atoms with Gasteiger partial charge in [-0.2, -0.15) is 0 Å². The van der Waals surface area contributed by atoms with Crippen LogP contribution in [0.4, 0.5) is 5.82 Å². The zero-order valence-electron chi connectivity index (χ0n) is 12.0. The fraction of sp³-hybridized carbons (Fsp3) is 0.571. The Balaban J connectivity index is 2.07. The lowest BCUT2D eigenvalue weighted by Crippen LogP contribution is -2.39. The highest BCUT2D eigenvalue weighted by Crippen LogP contribution is 2.28. The number of rotatable bonds is 5. The molecule has 1 heterocycles. The maximum Gasteiger partial charge on any atom is 0.253 e. The summed E-state index contributed by atoms with van der Waals surface area (Å²) in [5.74, 6) is 6.24. The number of aromatic nitrogens is 1. The number of aliphatic hydroxyl groups is 1. The molecule has 0 saturated heterocycles. The summed E-state index contributed by atoms with van der Waals surface area (Å²) < 4.78 is 0. The molecule has 110 valence electrons. The summed E-state index contributed by atoms with van der Waals surface area (Å²) in [6.07, 6.45) is 2.12. The number of hydrogen-bond acceptors (Lipinski definition) is 5. The molecule has 0 bridgehead atoms. The molecule has 1 saturated carbocycles. The van der Waals surface area contributed by atoms with E-state index in [9.17, 15) is 9.90 Å². The molecule has 6 heteroatoms. The highest BCUT2D eigenvalue weighted by Gasteiger charge is 2.29. The first-order valence-electron chi connectivity index (χ1n) is 6.94. The third-order valence-corrected chi connectivity index (χ3v) is 3.73. The van der Waals surface area contributed by atoms with E-state index in [-0.39, 0.29) is 12.0 Å². The van der Waals surface area contributed by atoms with Gasteiger partial charge in [0.05, 0.1) is 6.10 Å². The Bertz CT molecular complexity index is 464. The van der Waals surface area contributed by atoms with E-state index in [1.807, 2.05) is 6.92 Å². The van der Waals surface area contributed by atoms with Gasteiger partial charge in [-0.25, -0.2) is 10.8 Å². The Kier molecular flexibility index (Phi) is 4.57. The van der Waals surface area contributed by atoms with E-state index in [0.717, 1.165) is 25.0 Å². The van der Waals surface area contributed by atoms with Gasteiger partial charge in [-0.3, -0.25) is 4.79 Å². The van der Waals surface area contributed by atoms with Crippen molar-refractivity contribution >= 4 is 11.7 Å². The SMILES string of the molecule is CCc1cc(C(=O)N(C)CC2CC(O)C2)cc(NN)n1. The Morgan fingerprint density at radius 1 is 1.55 bits per heavy atom. The number of hydrogen-bond donors (Lipinski definition) is 3. The minimum atomic E-state index is -0.191. The Hall–Kier alpha value is -1.66. The molecule has 1 fully saturated rings. The van der Waals surface area contributed by atoms with E-state index >= 15 is 0 Å². The van der Waals surface area contributed by atoms with Crippen LogP contribution in [0.15, 0.2) is 12.1 Å². The van der Waals surface area contributed by atoms with E-state index in [2.05, 4.69) is 10.4 Å². The molecule has 1 amide bonds. The highest BCUT2D eigenvalue weighted by atomic mass is 16.3. The summed E-state index contributed by atoms with van der Waals surface area (Å²) in [6.45, 7) is 2.65. The Labute approximate surface area is 119 Å². The zero-order chi connectivity index (χ0) is 14.7.